The molecule has 0 fully saturated rings. The van der Waals surface area contributed by atoms with Crippen molar-refractivity contribution in [3.8, 4) is 23.3 Å². The van der Waals surface area contributed by atoms with E-state index in [9.17, 15) is 10.1 Å². The fourth-order valence-corrected chi connectivity index (χ4v) is 2.92. The SMILES string of the molecule is N#C/C(=C/c1ccc(OC(=O)c2ccc3c(c2)OCO3)cc1)c1ccc(Cl)cc1. The molecule has 0 unspecified atom stereocenters. The lowest BCUT2D eigenvalue weighted by molar-refractivity contribution is 0.0734. The molecule has 0 saturated heterocycles. The van der Waals surface area contributed by atoms with E-state index in [1.54, 1.807) is 72.8 Å². The molecule has 0 spiro atoms. The van der Waals surface area contributed by atoms with Gasteiger partial charge in [0, 0.05) is 5.02 Å². The summed E-state index contributed by atoms with van der Waals surface area (Å²) in [4.78, 5) is 12.4. The zero-order valence-corrected chi connectivity index (χ0v) is 15.8. The fourth-order valence-electron chi connectivity index (χ4n) is 2.80. The molecule has 1 aliphatic rings. The maximum absolute atomic E-state index is 12.4. The summed E-state index contributed by atoms with van der Waals surface area (Å²) < 4.78 is 15.9. The number of nitrogens with zero attached hydrogens (tertiary/aromatic N) is 1. The number of fused-ring (bicyclic) bond motifs is 1. The summed E-state index contributed by atoms with van der Waals surface area (Å²) in [7, 11) is 0. The highest BCUT2D eigenvalue weighted by Crippen LogP contribution is 2.32. The number of benzene rings is 3. The molecule has 0 atom stereocenters. The molecule has 0 saturated carbocycles. The second-order valence-electron chi connectivity index (χ2n) is 6.20. The minimum Gasteiger partial charge on any atom is -0.454 e. The number of esters is 1. The molecule has 0 aliphatic carbocycles. The quantitative estimate of drug-likeness (QED) is 0.254. The van der Waals surface area contributed by atoms with Crippen molar-refractivity contribution in [1.29, 1.82) is 5.26 Å². The summed E-state index contributed by atoms with van der Waals surface area (Å²) in [5.41, 5.74) is 2.45. The van der Waals surface area contributed by atoms with E-state index in [2.05, 4.69) is 6.07 Å². The lowest BCUT2D eigenvalue weighted by atomic mass is 10.0. The van der Waals surface area contributed by atoms with E-state index in [0.29, 0.717) is 33.4 Å². The smallest absolute Gasteiger partial charge is 0.343 e. The monoisotopic (exact) mass is 403 g/mol. The summed E-state index contributed by atoms with van der Waals surface area (Å²) in [6.45, 7) is 0.142. The van der Waals surface area contributed by atoms with Gasteiger partial charge >= 0.3 is 5.97 Å². The Morgan fingerprint density at radius 2 is 1.66 bits per heavy atom. The molecule has 5 nitrogen and oxygen atoms in total. The number of ether oxygens (including phenoxy) is 3. The molecular formula is C23H14ClNO4. The van der Waals surface area contributed by atoms with Gasteiger partial charge in [0.05, 0.1) is 17.2 Å². The number of carbonyl (C=O) groups is 1. The zero-order valence-electron chi connectivity index (χ0n) is 15.1. The van der Waals surface area contributed by atoms with Crippen LogP contribution in [0.1, 0.15) is 21.5 Å². The Bertz CT molecular complexity index is 1130. The average Bonchev–Trinajstić information content (AvgIpc) is 3.22. The van der Waals surface area contributed by atoms with Crippen molar-refractivity contribution in [2.45, 2.75) is 0 Å². The minimum atomic E-state index is -0.495. The number of hydrogen-bond donors (Lipinski definition) is 0. The zero-order chi connectivity index (χ0) is 20.2. The van der Waals surface area contributed by atoms with Gasteiger partial charge in [-0.3, -0.25) is 0 Å². The van der Waals surface area contributed by atoms with Crippen molar-refractivity contribution in [1.82, 2.24) is 0 Å². The predicted octanol–water partition coefficient (Wildman–Crippen LogP) is 5.35. The van der Waals surface area contributed by atoms with Crippen molar-refractivity contribution in [2.75, 3.05) is 6.79 Å². The van der Waals surface area contributed by atoms with E-state index in [4.69, 9.17) is 25.8 Å². The van der Waals surface area contributed by atoms with Crippen molar-refractivity contribution in [2.24, 2.45) is 0 Å². The molecule has 0 amide bonds. The minimum absolute atomic E-state index is 0.142. The molecule has 0 N–H and O–H groups in total. The summed E-state index contributed by atoms with van der Waals surface area (Å²) in [5.74, 6) is 1.03. The van der Waals surface area contributed by atoms with Gasteiger partial charge in [-0.25, -0.2) is 4.79 Å². The van der Waals surface area contributed by atoms with E-state index >= 15 is 0 Å². The molecule has 0 aromatic heterocycles. The normalized spacial score (nSPS) is 12.3. The van der Waals surface area contributed by atoms with Crippen LogP contribution in [-0.2, 0) is 0 Å². The number of allylic oxidation sites excluding steroid dienone is 1. The Labute approximate surface area is 172 Å². The van der Waals surface area contributed by atoms with E-state index in [0.717, 1.165) is 11.1 Å². The Balaban J connectivity index is 1.48. The highest BCUT2D eigenvalue weighted by atomic mass is 35.5. The van der Waals surface area contributed by atoms with Crippen LogP contribution in [0.25, 0.3) is 11.6 Å². The summed E-state index contributed by atoms with van der Waals surface area (Å²) in [5, 5.41) is 10.0. The Kier molecular flexibility index (Phi) is 5.19. The molecule has 3 aromatic carbocycles. The van der Waals surface area contributed by atoms with E-state index in [1.165, 1.54) is 0 Å². The number of halogens is 1. The van der Waals surface area contributed by atoms with Crippen LogP contribution >= 0.6 is 11.6 Å². The number of hydrogen-bond acceptors (Lipinski definition) is 5. The average molecular weight is 404 g/mol. The summed E-state index contributed by atoms with van der Waals surface area (Å²) >= 11 is 5.89. The lowest BCUT2D eigenvalue weighted by Crippen LogP contribution is -2.08. The van der Waals surface area contributed by atoms with Crippen molar-refractivity contribution < 1.29 is 19.0 Å². The van der Waals surface area contributed by atoms with E-state index in [-0.39, 0.29) is 6.79 Å². The van der Waals surface area contributed by atoms with Crippen LogP contribution in [0.4, 0.5) is 0 Å². The molecule has 6 heteroatoms. The maximum atomic E-state index is 12.4. The van der Waals surface area contributed by atoms with Crippen molar-refractivity contribution >= 4 is 29.2 Å². The predicted molar refractivity (Wildman–Crippen MR) is 109 cm³/mol. The van der Waals surface area contributed by atoms with Crippen LogP contribution in [0.15, 0.2) is 66.7 Å². The Hall–Kier alpha value is -3.75. The van der Waals surface area contributed by atoms with Gasteiger partial charge in [0.15, 0.2) is 11.5 Å². The van der Waals surface area contributed by atoms with Gasteiger partial charge in [-0.15, -0.1) is 0 Å². The summed E-state index contributed by atoms with van der Waals surface area (Å²) in [6.07, 6.45) is 1.76. The van der Waals surface area contributed by atoms with Crippen molar-refractivity contribution in [3.63, 3.8) is 0 Å². The first-order valence-electron chi connectivity index (χ1n) is 8.72. The second kappa shape index (κ2) is 8.09. The van der Waals surface area contributed by atoms with Crippen LogP contribution in [0, 0.1) is 11.3 Å². The third-order valence-corrected chi connectivity index (χ3v) is 4.54. The van der Waals surface area contributed by atoms with Crippen LogP contribution in [0.5, 0.6) is 17.2 Å². The van der Waals surface area contributed by atoms with Gasteiger partial charge in [0.2, 0.25) is 6.79 Å². The standard InChI is InChI=1S/C23H14ClNO4/c24-19-6-3-16(4-7-19)18(13-25)11-15-1-8-20(9-2-15)29-23(26)17-5-10-21-22(12-17)28-14-27-21/h1-12H,14H2/b18-11-. The third kappa shape index (κ3) is 4.23. The van der Waals surface area contributed by atoms with Gasteiger partial charge in [-0.05, 0) is 59.7 Å². The molecule has 142 valence electrons. The summed E-state index contributed by atoms with van der Waals surface area (Å²) in [6, 6.07) is 21.0. The molecule has 1 aliphatic heterocycles. The van der Waals surface area contributed by atoms with Gasteiger partial charge in [0.25, 0.3) is 0 Å². The Morgan fingerprint density at radius 1 is 0.966 bits per heavy atom. The fraction of sp³-hybridized carbons (Fsp3) is 0.0435. The largest absolute Gasteiger partial charge is 0.454 e. The second-order valence-corrected chi connectivity index (χ2v) is 6.64. The van der Waals surface area contributed by atoms with Gasteiger partial charge in [-0.1, -0.05) is 35.9 Å². The van der Waals surface area contributed by atoms with Crippen LogP contribution in [-0.4, -0.2) is 12.8 Å². The first kappa shape index (κ1) is 18.6. The topological polar surface area (TPSA) is 68.5 Å². The van der Waals surface area contributed by atoms with Gasteiger partial charge in [-0.2, -0.15) is 5.26 Å². The number of nitriles is 1. The van der Waals surface area contributed by atoms with E-state index < -0.39 is 5.97 Å². The van der Waals surface area contributed by atoms with Gasteiger partial charge < -0.3 is 14.2 Å². The lowest BCUT2D eigenvalue weighted by Gasteiger charge is -2.06. The molecule has 0 radical (unpaired) electrons. The van der Waals surface area contributed by atoms with Crippen LogP contribution in [0.3, 0.4) is 0 Å². The first-order chi connectivity index (χ1) is 14.1. The Morgan fingerprint density at radius 3 is 2.38 bits per heavy atom. The first-order valence-corrected chi connectivity index (χ1v) is 9.10. The van der Waals surface area contributed by atoms with Crippen LogP contribution in [0.2, 0.25) is 5.02 Å². The maximum Gasteiger partial charge on any atom is 0.343 e. The molecule has 29 heavy (non-hydrogen) atoms. The molecule has 3 aromatic rings. The molecule has 4 rings (SSSR count). The number of rotatable bonds is 4. The molecular weight excluding hydrogens is 390 g/mol. The van der Waals surface area contributed by atoms with Crippen LogP contribution < -0.4 is 14.2 Å². The highest BCUT2D eigenvalue weighted by Gasteiger charge is 2.17. The van der Waals surface area contributed by atoms with Crippen molar-refractivity contribution in [3.05, 3.63) is 88.4 Å². The highest BCUT2D eigenvalue weighted by molar-refractivity contribution is 6.30. The number of carbonyl (C=O) groups excluding carboxylic acids is 1. The molecule has 1 heterocycles. The third-order valence-electron chi connectivity index (χ3n) is 4.29. The van der Waals surface area contributed by atoms with Gasteiger partial charge in [0.1, 0.15) is 5.75 Å². The van der Waals surface area contributed by atoms with E-state index in [1.807, 2.05) is 0 Å². The molecule has 0 bridgehead atoms.